The zero-order valence-electron chi connectivity index (χ0n) is 16.1. The molecule has 0 fully saturated rings. The molecule has 2 amide bonds. The van der Waals surface area contributed by atoms with Crippen molar-refractivity contribution < 1.29 is 18.9 Å². The Bertz CT molecular complexity index is 1240. The summed E-state index contributed by atoms with van der Waals surface area (Å²) >= 11 is 10.8. The molecular formula is C21H14ClFN4O4S. The number of rotatable bonds is 5. The van der Waals surface area contributed by atoms with Crippen molar-refractivity contribution >= 4 is 57.8 Å². The fourth-order valence-electron chi connectivity index (χ4n) is 2.67. The molecule has 3 rings (SSSR count). The molecule has 3 aromatic carbocycles. The smallest absolute Gasteiger partial charge is 0.282 e. The van der Waals surface area contributed by atoms with Crippen LogP contribution in [0.5, 0.6) is 0 Å². The number of nitro benzene ring substituents is 1. The SMILES string of the molecule is O=C(Nc1ccc(F)c(Cl)c1)c1cccc(NC(=S)NC(=O)c2ccccc2[N+](=O)[O-])c1. The predicted octanol–water partition coefficient (Wildman–Crippen LogP) is 4.77. The number of carbonyl (C=O) groups excluding carboxylic acids is 2. The van der Waals surface area contributed by atoms with E-state index in [1.807, 2.05) is 0 Å². The molecule has 0 unspecified atom stereocenters. The summed E-state index contributed by atoms with van der Waals surface area (Å²) in [5.41, 5.74) is 0.457. The largest absolute Gasteiger partial charge is 0.332 e. The Morgan fingerprint density at radius 2 is 1.66 bits per heavy atom. The molecule has 0 spiro atoms. The molecule has 0 aliphatic carbocycles. The number of carbonyl (C=O) groups is 2. The zero-order chi connectivity index (χ0) is 23.3. The van der Waals surface area contributed by atoms with Crippen molar-refractivity contribution in [2.45, 2.75) is 0 Å². The fraction of sp³-hybridized carbons (Fsp3) is 0. The molecular weight excluding hydrogens is 459 g/mol. The van der Waals surface area contributed by atoms with Crippen molar-refractivity contribution in [1.82, 2.24) is 5.32 Å². The third-order valence-electron chi connectivity index (χ3n) is 4.13. The molecule has 0 aliphatic heterocycles. The summed E-state index contributed by atoms with van der Waals surface area (Å²) in [6.45, 7) is 0. The Morgan fingerprint density at radius 1 is 0.938 bits per heavy atom. The second-order valence-corrected chi connectivity index (χ2v) is 7.16. The third-order valence-corrected chi connectivity index (χ3v) is 4.63. The Balaban J connectivity index is 1.67. The minimum absolute atomic E-state index is 0.115. The molecule has 0 heterocycles. The first-order chi connectivity index (χ1) is 15.2. The van der Waals surface area contributed by atoms with E-state index in [0.29, 0.717) is 11.4 Å². The fourth-order valence-corrected chi connectivity index (χ4v) is 3.06. The van der Waals surface area contributed by atoms with Gasteiger partial charge in [-0.1, -0.05) is 29.8 Å². The average Bonchev–Trinajstić information content (AvgIpc) is 2.76. The van der Waals surface area contributed by atoms with Crippen LogP contribution in [-0.2, 0) is 0 Å². The van der Waals surface area contributed by atoms with Gasteiger partial charge in [-0.25, -0.2) is 4.39 Å². The monoisotopic (exact) mass is 472 g/mol. The molecule has 0 saturated heterocycles. The van der Waals surface area contributed by atoms with Crippen LogP contribution in [-0.4, -0.2) is 21.9 Å². The summed E-state index contributed by atoms with van der Waals surface area (Å²) in [5, 5.41) is 18.5. The Hall–Kier alpha value is -3.89. The number of anilines is 2. The molecule has 0 aromatic heterocycles. The highest BCUT2D eigenvalue weighted by Crippen LogP contribution is 2.21. The number of para-hydroxylation sites is 1. The lowest BCUT2D eigenvalue weighted by molar-refractivity contribution is -0.385. The van der Waals surface area contributed by atoms with Gasteiger partial charge >= 0.3 is 0 Å². The summed E-state index contributed by atoms with van der Waals surface area (Å²) in [6, 6.07) is 15.5. The molecule has 0 saturated carbocycles. The molecule has 0 radical (unpaired) electrons. The molecule has 3 N–H and O–H groups in total. The quantitative estimate of drug-likeness (QED) is 0.280. The third kappa shape index (κ3) is 5.62. The van der Waals surface area contributed by atoms with E-state index in [1.165, 1.54) is 42.5 Å². The van der Waals surface area contributed by atoms with Gasteiger partial charge in [-0.05, 0) is 54.7 Å². The van der Waals surface area contributed by atoms with Gasteiger partial charge in [0, 0.05) is 23.0 Å². The minimum Gasteiger partial charge on any atom is -0.332 e. The van der Waals surface area contributed by atoms with Gasteiger partial charge in [0.25, 0.3) is 17.5 Å². The topological polar surface area (TPSA) is 113 Å². The summed E-state index contributed by atoms with van der Waals surface area (Å²) in [6.07, 6.45) is 0. The van der Waals surface area contributed by atoms with E-state index >= 15 is 0 Å². The van der Waals surface area contributed by atoms with Gasteiger partial charge in [-0.15, -0.1) is 0 Å². The standard InChI is InChI=1S/C21H14ClFN4O4S/c22-16-11-14(8-9-17(16)23)24-19(28)12-4-3-5-13(10-12)25-21(32)26-20(29)15-6-1-2-7-18(15)27(30)31/h1-11H,(H,24,28)(H2,25,26,29,32). The minimum atomic E-state index is -0.753. The molecule has 8 nitrogen and oxygen atoms in total. The predicted molar refractivity (Wildman–Crippen MR) is 123 cm³/mol. The van der Waals surface area contributed by atoms with Crippen LogP contribution >= 0.6 is 23.8 Å². The Kier molecular flexibility index (Phi) is 7.08. The normalized spacial score (nSPS) is 10.2. The summed E-state index contributed by atoms with van der Waals surface area (Å²) in [4.78, 5) is 35.2. The second-order valence-electron chi connectivity index (χ2n) is 6.35. The number of thiocarbonyl (C=S) groups is 1. The van der Waals surface area contributed by atoms with Crippen LogP contribution in [0.2, 0.25) is 5.02 Å². The lowest BCUT2D eigenvalue weighted by Gasteiger charge is -2.11. The summed E-state index contributed by atoms with van der Waals surface area (Å²) < 4.78 is 13.3. The Morgan fingerprint density at radius 3 is 2.38 bits per heavy atom. The van der Waals surface area contributed by atoms with Crippen LogP contribution in [0, 0.1) is 15.9 Å². The van der Waals surface area contributed by atoms with Gasteiger partial charge in [-0.3, -0.25) is 25.0 Å². The Labute approximate surface area is 191 Å². The summed E-state index contributed by atoms with van der Waals surface area (Å²) in [7, 11) is 0. The number of nitro groups is 1. The van der Waals surface area contributed by atoms with Crippen molar-refractivity contribution in [3.05, 3.63) is 98.8 Å². The first-order valence-electron chi connectivity index (χ1n) is 8.97. The maximum Gasteiger partial charge on any atom is 0.282 e. The number of benzene rings is 3. The van der Waals surface area contributed by atoms with Crippen LogP contribution in [0.4, 0.5) is 21.5 Å². The van der Waals surface area contributed by atoms with Crippen molar-refractivity contribution in [3.8, 4) is 0 Å². The van der Waals surface area contributed by atoms with Gasteiger partial charge in [0.05, 0.1) is 9.95 Å². The lowest BCUT2D eigenvalue weighted by atomic mass is 10.1. The zero-order valence-corrected chi connectivity index (χ0v) is 17.7. The van der Waals surface area contributed by atoms with Crippen LogP contribution in [0.15, 0.2) is 66.7 Å². The van der Waals surface area contributed by atoms with Crippen LogP contribution < -0.4 is 16.0 Å². The van der Waals surface area contributed by atoms with Crippen molar-refractivity contribution in [2.24, 2.45) is 0 Å². The molecule has 0 atom stereocenters. The van der Waals surface area contributed by atoms with Crippen LogP contribution in [0.25, 0.3) is 0 Å². The van der Waals surface area contributed by atoms with E-state index in [-0.39, 0.29) is 26.9 Å². The number of hydrogen-bond acceptors (Lipinski definition) is 5. The summed E-state index contributed by atoms with van der Waals surface area (Å²) in [5.74, 6) is -1.84. The van der Waals surface area contributed by atoms with Crippen molar-refractivity contribution in [3.63, 3.8) is 0 Å². The first kappa shape index (κ1) is 22.8. The molecule has 11 heteroatoms. The number of hydrogen-bond donors (Lipinski definition) is 3. The van der Waals surface area contributed by atoms with Gasteiger partial charge < -0.3 is 10.6 Å². The first-order valence-corrected chi connectivity index (χ1v) is 9.75. The molecule has 32 heavy (non-hydrogen) atoms. The maximum atomic E-state index is 13.3. The van der Waals surface area contributed by atoms with E-state index in [4.69, 9.17) is 23.8 Å². The molecule has 0 bridgehead atoms. The van der Waals surface area contributed by atoms with Gasteiger partial charge in [0.2, 0.25) is 0 Å². The highest BCUT2D eigenvalue weighted by molar-refractivity contribution is 7.80. The average molecular weight is 473 g/mol. The molecule has 3 aromatic rings. The van der Waals surface area contributed by atoms with E-state index in [0.717, 1.165) is 6.07 Å². The van der Waals surface area contributed by atoms with Crippen LogP contribution in [0.3, 0.4) is 0 Å². The van der Waals surface area contributed by atoms with Gasteiger partial charge in [0.1, 0.15) is 11.4 Å². The second kappa shape index (κ2) is 9.94. The van der Waals surface area contributed by atoms with E-state index in [2.05, 4.69) is 16.0 Å². The van der Waals surface area contributed by atoms with Gasteiger partial charge in [0.15, 0.2) is 5.11 Å². The number of nitrogens with zero attached hydrogens (tertiary/aromatic N) is 1. The van der Waals surface area contributed by atoms with E-state index in [9.17, 15) is 24.1 Å². The molecule has 162 valence electrons. The maximum absolute atomic E-state index is 13.3. The van der Waals surface area contributed by atoms with Gasteiger partial charge in [-0.2, -0.15) is 0 Å². The lowest BCUT2D eigenvalue weighted by Crippen LogP contribution is -2.34. The highest BCUT2D eigenvalue weighted by atomic mass is 35.5. The van der Waals surface area contributed by atoms with Crippen molar-refractivity contribution in [2.75, 3.05) is 10.6 Å². The highest BCUT2D eigenvalue weighted by Gasteiger charge is 2.20. The van der Waals surface area contributed by atoms with Crippen LogP contribution in [0.1, 0.15) is 20.7 Å². The number of nitrogens with one attached hydrogen (secondary N) is 3. The van der Waals surface area contributed by atoms with Crippen molar-refractivity contribution in [1.29, 1.82) is 0 Å². The van der Waals surface area contributed by atoms with E-state index in [1.54, 1.807) is 18.2 Å². The number of halogens is 2. The molecule has 0 aliphatic rings. The van der Waals surface area contributed by atoms with E-state index < -0.39 is 22.6 Å². The number of amides is 2.